The molecule has 1 aliphatic heterocycles. The Morgan fingerprint density at radius 3 is 2.58 bits per heavy atom. The van der Waals surface area contributed by atoms with Gasteiger partial charge in [-0.1, -0.05) is 23.2 Å². The minimum absolute atomic E-state index is 0.114. The zero-order valence-electron chi connectivity index (χ0n) is 14.0. The van der Waals surface area contributed by atoms with Crippen LogP contribution in [0.15, 0.2) is 39.4 Å². The van der Waals surface area contributed by atoms with Crippen LogP contribution in [0.4, 0.5) is 0 Å². The number of likely N-dealkylation sites (N-methyl/N-ethyl adjacent to an activating group) is 1. The number of halogens is 3. The predicted octanol–water partition coefficient (Wildman–Crippen LogP) is 4.61. The molecule has 0 bridgehead atoms. The first-order valence-electron chi connectivity index (χ1n) is 8.11. The van der Waals surface area contributed by atoms with Crippen molar-refractivity contribution < 1.29 is 14.0 Å². The van der Waals surface area contributed by atoms with E-state index in [0.29, 0.717) is 45.5 Å². The van der Waals surface area contributed by atoms with Crippen LogP contribution in [0.25, 0.3) is 0 Å². The number of carbonyl (C=O) groups is 2. The Hall–Kier alpha value is -1.50. The predicted molar refractivity (Wildman–Crippen MR) is 103 cm³/mol. The summed E-state index contributed by atoms with van der Waals surface area (Å²) in [5.74, 6) is 0.320. The highest BCUT2D eigenvalue weighted by atomic mass is 79.9. The summed E-state index contributed by atoms with van der Waals surface area (Å²) >= 11 is 15.2. The summed E-state index contributed by atoms with van der Waals surface area (Å²) in [7, 11) is 1.70. The lowest BCUT2D eigenvalue weighted by molar-refractivity contribution is -0.134. The number of nitrogens with zero attached hydrogens (tertiary/aromatic N) is 2. The summed E-state index contributed by atoms with van der Waals surface area (Å²) in [4.78, 5) is 28.9. The van der Waals surface area contributed by atoms with Crippen molar-refractivity contribution in [3.63, 3.8) is 0 Å². The van der Waals surface area contributed by atoms with Crippen molar-refractivity contribution in [2.75, 3.05) is 13.6 Å². The lowest BCUT2D eigenvalue weighted by Crippen LogP contribution is -2.46. The van der Waals surface area contributed by atoms with Crippen LogP contribution in [0.3, 0.4) is 0 Å². The molecular formula is C18H17BrCl2N2O3. The van der Waals surface area contributed by atoms with Gasteiger partial charge in [-0.3, -0.25) is 9.59 Å². The standard InChI is InChI=1S/C18H17BrCl2N2O3/c1-22(10-14-4-5-16(19)26-14)18(25)15-3-2-6-23(15)17(24)11-7-12(20)9-13(21)8-11/h4-5,7-9,15H,2-3,6,10H2,1H3. The van der Waals surface area contributed by atoms with E-state index in [0.717, 1.165) is 6.42 Å². The monoisotopic (exact) mass is 458 g/mol. The van der Waals surface area contributed by atoms with Gasteiger partial charge in [0.2, 0.25) is 5.91 Å². The fraction of sp³-hybridized carbons (Fsp3) is 0.333. The van der Waals surface area contributed by atoms with Gasteiger partial charge in [0.15, 0.2) is 4.67 Å². The maximum absolute atomic E-state index is 12.9. The normalized spacial score (nSPS) is 16.8. The minimum Gasteiger partial charge on any atom is -0.452 e. The summed E-state index contributed by atoms with van der Waals surface area (Å²) < 4.78 is 6.06. The van der Waals surface area contributed by atoms with E-state index in [1.165, 1.54) is 0 Å². The molecule has 1 fully saturated rings. The minimum atomic E-state index is -0.497. The number of likely N-dealkylation sites (tertiary alicyclic amines) is 1. The second-order valence-electron chi connectivity index (χ2n) is 6.21. The quantitative estimate of drug-likeness (QED) is 0.670. The summed E-state index contributed by atoms with van der Waals surface area (Å²) in [6.45, 7) is 0.867. The number of furan rings is 1. The maximum Gasteiger partial charge on any atom is 0.254 e. The van der Waals surface area contributed by atoms with Crippen molar-refractivity contribution in [1.29, 1.82) is 0 Å². The highest BCUT2D eigenvalue weighted by Crippen LogP contribution is 2.26. The van der Waals surface area contributed by atoms with E-state index in [2.05, 4.69) is 15.9 Å². The zero-order chi connectivity index (χ0) is 18.8. The molecule has 2 aromatic rings. The molecule has 0 aliphatic carbocycles. The van der Waals surface area contributed by atoms with Crippen LogP contribution in [0.1, 0.15) is 29.0 Å². The molecule has 8 heteroatoms. The van der Waals surface area contributed by atoms with Crippen LogP contribution < -0.4 is 0 Å². The molecule has 0 N–H and O–H groups in total. The van der Waals surface area contributed by atoms with Gasteiger partial charge in [0.1, 0.15) is 11.8 Å². The molecule has 1 aliphatic rings. The third-order valence-corrected chi connectivity index (χ3v) is 5.17. The Bertz CT molecular complexity index is 819. The van der Waals surface area contributed by atoms with Crippen molar-refractivity contribution >= 4 is 50.9 Å². The Morgan fingerprint density at radius 1 is 1.27 bits per heavy atom. The molecule has 1 saturated heterocycles. The SMILES string of the molecule is CN(Cc1ccc(Br)o1)C(=O)C1CCCN1C(=O)c1cc(Cl)cc(Cl)c1. The first-order chi connectivity index (χ1) is 12.3. The van der Waals surface area contributed by atoms with E-state index in [-0.39, 0.29) is 11.8 Å². The Kier molecular flexibility index (Phi) is 5.95. The van der Waals surface area contributed by atoms with Crippen LogP contribution in [0.5, 0.6) is 0 Å². The molecule has 1 aromatic carbocycles. The van der Waals surface area contributed by atoms with Crippen molar-refractivity contribution in [3.8, 4) is 0 Å². The van der Waals surface area contributed by atoms with E-state index < -0.39 is 6.04 Å². The van der Waals surface area contributed by atoms with Gasteiger partial charge >= 0.3 is 0 Å². The molecule has 0 saturated carbocycles. The van der Waals surface area contributed by atoms with Crippen LogP contribution >= 0.6 is 39.1 Å². The van der Waals surface area contributed by atoms with Crippen molar-refractivity contribution in [2.24, 2.45) is 0 Å². The third kappa shape index (κ3) is 4.24. The van der Waals surface area contributed by atoms with Crippen molar-refractivity contribution in [3.05, 3.63) is 56.4 Å². The van der Waals surface area contributed by atoms with Crippen LogP contribution in [0.2, 0.25) is 10.0 Å². The topological polar surface area (TPSA) is 53.8 Å². The Balaban J connectivity index is 1.74. The van der Waals surface area contributed by atoms with Crippen LogP contribution in [-0.4, -0.2) is 41.2 Å². The fourth-order valence-electron chi connectivity index (χ4n) is 3.11. The molecule has 1 unspecified atom stereocenters. The van der Waals surface area contributed by atoms with E-state index in [1.54, 1.807) is 47.2 Å². The van der Waals surface area contributed by atoms with Crippen molar-refractivity contribution in [1.82, 2.24) is 9.80 Å². The zero-order valence-corrected chi connectivity index (χ0v) is 17.1. The largest absolute Gasteiger partial charge is 0.452 e. The van der Waals surface area contributed by atoms with Gasteiger partial charge in [-0.2, -0.15) is 0 Å². The van der Waals surface area contributed by atoms with E-state index in [1.807, 2.05) is 0 Å². The molecule has 0 spiro atoms. The first-order valence-corrected chi connectivity index (χ1v) is 9.66. The number of carbonyl (C=O) groups excluding carboxylic acids is 2. The van der Waals surface area contributed by atoms with Crippen molar-refractivity contribution in [2.45, 2.75) is 25.4 Å². The molecule has 138 valence electrons. The van der Waals surface area contributed by atoms with Gasteiger partial charge in [0.25, 0.3) is 5.91 Å². The summed E-state index contributed by atoms with van der Waals surface area (Å²) in [6.07, 6.45) is 1.40. The Morgan fingerprint density at radius 2 is 1.96 bits per heavy atom. The number of benzene rings is 1. The van der Waals surface area contributed by atoms with E-state index >= 15 is 0 Å². The number of rotatable bonds is 4. The van der Waals surface area contributed by atoms with Gasteiger partial charge in [0, 0.05) is 29.2 Å². The van der Waals surface area contributed by atoms with Gasteiger partial charge in [-0.25, -0.2) is 0 Å². The molecule has 1 atom stereocenters. The summed E-state index contributed by atoms with van der Waals surface area (Å²) in [5, 5.41) is 0.784. The summed E-state index contributed by atoms with van der Waals surface area (Å²) in [5.41, 5.74) is 0.389. The highest BCUT2D eigenvalue weighted by Gasteiger charge is 2.36. The van der Waals surface area contributed by atoms with Gasteiger partial charge in [-0.15, -0.1) is 0 Å². The maximum atomic E-state index is 12.9. The molecule has 26 heavy (non-hydrogen) atoms. The first kappa shape index (κ1) is 19.3. The number of amides is 2. The van der Waals surface area contributed by atoms with E-state index in [4.69, 9.17) is 27.6 Å². The van der Waals surface area contributed by atoms with Crippen LogP contribution in [-0.2, 0) is 11.3 Å². The van der Waals surface area contributed by atoms with Gasteiger partial charge in [-0.05, 0) is 59.1 Å². The highest BCUT2D eigenvalue weighted by molar-refractivity contribution is 9.10. The van der Waals surface area contributed by atoms with Gasteiger partial charge in [0.05, 0.1) is 6.54 Å². The molecule has 5 nitrogen and oxygen atoms in total. The average Bonchev–Trinajstić information content (AvgIpc) is 3.21. The van der Waals surface area contributed by atoms with Crippen LogP contribution in [0, 0.1) is 0 Å². The smallest absolute Gasteiger partial charge is 0.254 e. The lowest BCUT2D eigenvalue weighted by atomic mass is 10.1. The second kappa shape index (κ2) is 8.03. The molecule has 3 rings (SSSR count). The molecule has 1 aromatic heterocycles. The number of hydrogen-bond acceptors (Lipinski definition) is 3. The fourth-order valence-corrected chi connectivity index (χ4v) is 3.98. The lowest BCUT2D eigenvalue weighted by Gasteiger charge is -2.28. The van der Waals surface area contributed by atoms with E-state index in [9.17, 15) is 9.59 Å². The third-order valence-electron chi connectivity index (χ3n) is 4.31. The molecular weight excluding hydrogens is 443 g/mol. The molecule has 0 radical (unpaired) electrons. The number of hydrogen-bond donors (Lipinski definition) is 0. The second-order valence-corrected chi connectivity index (χ2v) is 7.87. The molecule has 2 amide bonds. The molecule has 2 heterocycles. The van der Waals surface area contributed by atoms with Gasteiger partial charge < -0.3 is 14.2 Å². The summed E-state index contributed by atoms with van der Waals surface area (Å²) in [6, 6.07) is 7.80. The average molecular weight is 460 g/mol. The Labute approximate surface area is 170 Å².